The van der Waals surface area contributed by atoms with Gasteiger partial charge in [-0.2, -0.15) is 5.10 Å². The Balaban J connectivity index is 1.62. The van der Waals surface area contributed by atoms with Crippen LogP contribution >= 0.6 is 0 Å². The molecule has 3 heterocycles. The number of para-hydroxylation sites is 1. The second-order valence-corrected chi connectivity index (χ2v) is 6.80. The molecule has 26 heavy (non-hydrogen) atoms. The van der Waals surface area contributed by atoms with Gasteiger partial charge < -0.3 is 15.5 Å². The highest BCUT2D eigenvalue weighted by Crippen LogP contribution is 2.29. The number of anilines is 2. The zero-order valence-electron chi connectivity index (χ0n) is 15.3. The zero-order chi connectivity index (χ0) is 18.1. The van der Waals surface area contributed by atoms with Gasteiger partial charge in [0.25, 0.3) is 0 Å². The summed E-state index contributed by atoms with van der Waals surface area (Å²) in [4.78, 5) is 9.34. The second-order valence-electron chi connectivity index (χ2n) is 6.80. The predicted octanol–water partition coefficient (Wildman–Crippen LogP) is 2.58. The van der Waals surface area contributed by atoms with Gasteiger partial charge in [0.15, 0.2) is 0 Å². The molecule has 6 heteroatoms. The van der Waals surface area contributed by atoms with Crippen LogP contribution in [0.25, 0.3) is 16.9 Å². The molecule has 134 valence electrons. The van der Waals surface area contributed by atoms with Crippen molar-refractivity contribution in [1.82, 2.24) is 19.7 Å². The average molecular weight is 348 g/mol. The topological polar surface area (TPSA) is 63.2 Å². The first kappa shape index (κ1) is 16.6. The Morgan fingerprint density at radius 1 is 0.962 bits per heavy atom. The van der Waals surface area contributed by atoms with Gasteiger partial charge in [-0.25, -0.2) is 9.67 Å². The number of nitrogens with two attached hydrogens (primary N) is 1. The van der Waals surface area contributed by atoms with Gasteiger partial charge in [0, 0.05) is 43.5 Å². The van der Waals surface area contributed by atoms with Gasteiger partial charge >= 0.3 is 0 Å². The van der Waals surface area contributed by atoms with Crippen LogP contribution in [-0.2, 0) is 0 Å². The van der Waals surface area contributed by atoms with Crippen LogP contribution in [0.4, 0.5) is 11.6 Å². The summed E-state index contributed by atoms with van der Waals surface area (Å²) < 4.78 is 1.79. The molecule has 6 nitrogen and oxygen atoms in total. The van der Waals surface area contributed by atoms with E-state index in [0.717, 1.165) is 54.5 Å². The SMILES string of the molecule is Cc1c(-c2ccc(N3CCN(C)CC3)nc2)nn(-c2ccccc2)c1N. The van der Waals surface area contributed by atoms with Gasteiger partial charge in [-0.3, -0.25) is 0 Å². The van der Waals surface area contributed by atoms with E-state index in [1.807, 2.05) is 43.5 Å². The molecule has 0 saturated carbocycles. The van der Waals surface area contributed by atoms with Gasteiger partial charge in [0.2, 0.25) is 0 Å². The lowest BCUT2D eigenvalue weighted by Crippen LogP contribution is -2.44. The molecule has 1 saturated heterocycles. The molecule has 0 atom stereocenters. The van der Waals surface area contributed by atoms with E-state index in [0.29, 0.717) is 5.82 Å². The molecular weight excluding hydrogens is 324 g/mol. The van der Waals surface area contributed by atoms with E-state index in [9.17, 15) is 0 Å². The van der Waals surface area contributed by atoms with E-state index >= 15 is 0 Å². The minimum absolute atomic E-state index is 0.661. The normalized spacial score (nSPS) is 15.4. The lowest BCUT2D eigenvalue weighted by Gasteiger charge is -2.33. The summed E-state index contributed by atoms with van der Waals surface area (Å²) in [6, 6.07) is 14.1. The number of pyridine rings is 1. The summed E-state index contributed by atoms with van der Waals surface area (Å²) >= 11 is 0. The summed E-state index contributed by atoms with van der Waals surface area (Å²) in [6.07, 6.45) is 1.90. The van der Waals surface area contributed by atoms with E-state index in [1.54, 1.807) is 4.68 Å². The Hall–Kier alpha value is -2.86. The fraction of sp³-hybridized carbons (Fsp3) is 0.300. The summed E-state index contributed by atoms with van der Waals surface area (Å²) in [7, 11) is 2.16. The number of hydrogen-bond acceptors (Lipinski definition) is 5. The Labute approximate surface area is 153 Å². The van der Waals surface area contributed by atoms with Crippen molar-refractivity contribution in [3.63, 3.8) is 0 Å². The summed E-state index contributed by atoms with van der Waals surface area (Å²) in [6.45, 7) is 6.17. The molecule has 0 aliphatic carbocycles. The number of aromatic nitrogens is 3. The van der Waals surface area contributed by atoms with E-state index in [4.69, 9.17) is 10.8 Å². The van der Waals surface area contributed by atoms with Crippen molar-refractivity contribution in [3.8, 4) is 16.9 Å². The molecule has 0 amide bonds. The number of rotatable bonds is 3. The standard InChI is InChI=1S/C20H24N6/c1-15-19(23-26(20(15)21)17-6-4-3-5-7-17)16-8-9-18(22-14-16)25-12-10-24(2)11-13-25/h3-9,14H,10-13,21H2,1-2H3. The molecule has 0 bridgehead atoms. The number of nitrogens with zero attached hydrogens (tertiary/aromatic N) is 5. The lowest BCUT2D eigenvalue weighted by atomic mass is 10.1. The smallest absolute Gasteiger partial charge is 0.130 e. The molecular formula is C20H24N6. The van der Waals surface area contributed by atoms with Gasteiger partial charge in [0.05, 0.1) is 11.4 Å². The first-order valence-corrected chi connectivity index (χ1v) is 8.94. The van der Waals surface area contributed by atoms with Gasteiger partial charge in [-0.1, -0.05) is 18.2 Å². The van der Waals surface area contributed by atoms with E-state index in [-0.39, 0.29) is 0 Å². The van der Waals surface area contributed by atoms with Crippen molar-refractivity contribution in [2.75, 3.05) is 43.9 Å². The van der Waals surface area contributed by atoms with Crippen molar-refractivity contribution < 1.29 is 0 Å². The molecule has 2 N–H and O–H groups in total. The molecule has 3 aromatic rings. The van der Waals surface area contributed by atoms with E-state index in [2.05, 4.69) is 34.0 Å². The Morgan fingerprint density at radius 2 is 1.69 bits per heavy atom. The fourth-order valence-electron chi connectivity index (χ4n) is 3.30. The molecule has 0 spiro atoms. The van der Waals surface area contributed by atoms with E-state index < -0.39 is 0 Å². The Bertz CT molecular complexity index is 877. The molecule has 1 aliphatic heterocycles. The number of likely N-dealkylation sites (N-methyl/N-ethyl adjacent to an activating group) is 1. The molecule has 1 fully saturated rings. The Morgan fingerprint density at radius 3 is 2.35 bits per heavy atom. The van der Waals surface area contributed by atoms with Crippen LogP contribution in [0, 0.1) is 6.92 Å². The highest BCUT2D eigenvalue weighted by atomic mass is 15.3. The van der Waals surface area contributed by atoms with Crippen LogP contribution in [0.2, 0.25) is 0 Å². The molecule has 1 aromatic carbocycles. The van der Waals surface area contributed by atoms with Crippen LogP contribution in [0.15, 0.2) is 48.7 Å². The van der Waals surface area contributed by atoms with Crippen molar-refractivity contribution in [2.24, 2.45) is 0 Å². The minimum atomic E-state index is 0.661. The quantitative estimate of drug-likeness (QED) is 0.788. The molecule has 4 rings (SSSR count). The van der Waals surface area contributed by atoms with Crippen LogP contribution < -0.4 is 10.6 Å². The lowest BCUT2D eigenvalue weighted by molar-refractivity contribution is 0.312. The third kappa shape index (κ3) is 3.04. The van der Waals surface area contributed by atoms with Crippen molar-refractivity contribution >= 4 is 11.6 Å². The minimum Gasteiger partial charge on any atom is -0.383 e. The summed E-state index contributed by atoms with van der Waals surface area (Å²) in [5.41, 5.74) is 10.1. The molecule has 2 aromatic heterocycles. The maximum Gasteiger partial charge on any atom is 0.130 e. The molecule has 0 radical (unpaired) electrons. The largest absolute Gasteiger partial charge is 0.383 e. The first-order valence-electron chi connectivity index (χ1n) is 8.94. The van der Waals surface area contributed by atoms with Crippen LogP contribution in [0.5, 0.6) is 0 Å². The fourth-order valence-corrected chi connectivity index (χ4v) is 3.30. The van der Waals surface area contributed by atoms with E-state index in [1.165, 1.54) is 0 Å². The third-order valence-corrected chi connectivity index (χ3v) is 5.02. The van der Waals surface area contributed by atoms with Crippen LogP contribution in [0.1, 0.15) is 5.56 Å². The maximum absolute atomic E-state index is 6.30. The number of piperazine rings is 1. The van der Waals surface area contributed by atoms with Gasteiger partial charge in [-0.15, -0.1) is 0 Å². The number of benzene rings is 1. The average Bonchev–Trinajstić information content (AvgIpc) is 2.98. The predicted molar refractivity (Wildman–Crippen MR) is 106 cm³/mol. The first-order chi connectivity index (χ1) is 12.6. The van der Waals surface area contributed by atoms with Crippen molar-refractivity contribution in [2.45, 2.75) is 6.92 Å². The van der Waals surface area contributed by atoms with Crippen molar-refractivity contribution in [3.05, 3.63) is 54.2 Å². The maximum atomic E-state index is 6.30. The van der Waals surface area contributed by atoms with Gasteiger partial charge in [0.1, 0.15) is 11.6 Å². The highest BCUT2D eigenvalue weighted by molar-refractivity contribution is 5.69. The monoisotopic (exact) mass is 348 g/mol. The molecule has 1 aliphatic rings. The molecule has 0 unspecified atom stereocenters. The van der Waals surface area contributed by atoms with Gasteiger partial charge in [-0.05, 0) is 38.2 Å². The highest BCUT2D eigenvalue weighted by Gasteiger charge is 2.17. The van der Waals surface area contributed by atoms with Crippen LogP contribution in [0.3, 0.4) is 0 Å². The third-order valence-electron chi connectivity index (χ3n) is 5.02. The van der Waals surface area contributed by atoms with Crippen molar-refractivity contribution in [1.29, 1.82) is 0 Å². The van der Waals surface area contributed by atoms with Crippen LogP contribution in [-0.4, -0.2) is 52.9 Å². The summed E-state index contributed by atoms with van der Waals surface area (Å²) in [5.74, 6) is 1.68. The Kier molecular flexibility index (Phi) is 4.34. The number of hydrogen-bond donors (Lipinski definition) is 1. The zero-order valence-corrected chi connectivity index (χ0v) is 15.3. The second kappa shape index (κ2) is 6.80. The number of nitrogen functional groups attached to an aromatic ring is 1. The summed E-state index contributed by atoms with van der Waals surface area (Å²) in [5, 5.41) is 4.73.